The minimum Gasteiger partial charge on any atom is -0.497 e. The van der Waals surface area contributed by atoms with E-state index in [1.807, 2.05) is 24.3 Å². The summed E-state index contributed by atoms with van der Waals surface area (Å²) < 4.78 is 5.15. The number of β-amino-alcohol motifs (C(OH)–C–C–N with tert-alkyl or cyclic N) is 1. The number of methoxy groups -OCH3 is 1. The van der Waals surface area contributed by atoms with Crippen molar-refractivity contribution < 1.29 is 9.84 Å². The van der Waals surface area contributed by atoms with Crippen LogP contribution in [0.5, 0.6) is 5.75 Å². The molecule has 1 unspecified atom stereocenters. The van der Waals surface area contributed by atoms with E-state index in [9.17, 15) is 5.11 Å². The number of rotatable bonds is 5. The molecular weight excluding hydrogens is 214 g/mol. The van der Waals surface area contributed by atoms with Gasteiger partial charge in [0, 0.05) is 12.1 Å². The molecule has 17 heavy (non-hydrogen) atoms. The molecule has 1 aliphatic rings. The van der Waals surface area contributed by atoms with Gasteiger partial charge in [0.2, 0.25) is 0 Å². The first kappa shape index (κ1) is 12.4. The molecule has 1 aliphatic carbocycles. The van der Waals surface area contributed by atoms with Crippen molar-refractivity contribution in [2.24, 2.45) is 0 Å². The van der Waals surface area contributed by atoms with E-state index in [1.54, 1.807) is 7.11 Å². The lowest BCUT2D eigenvalue weighted by Crippen LogP contribution is -2.49. The second kappa shape index (κ2) is 5.07. The molecule has 1 aromatic carbocycles. The Kier molecular flexibility index (Phi) is 3.69. The molecule has 1 aromatic rings. The zero-order valence-corrected chi connectivity index (χ0v) is 10.6. The molecule has 3 heteroatoms. The molecule has 94 valence electrons. The Morgan fingerprint density at radius 2 is 2.24 bits per heavy atom. The third kappa shape index (κ3) is 2.99. The van der Waals surface area contributed by atoms with Crippen LogP contribution >= 0.6 is 0 Å². The molecule has 0 bridgehead atoms. The summed E-state index contributed by atoms with van der Waals surface area (Å²) >= 11 is 0. The van der Waals surface area contributed by atoms with Gasteiger partial charge < -0.3 is 15.2 Å². The second-order valence-electron chi connectivity index (χ2n) is 5.09. The van der Waals surface area contributed by atoms with Crippen molar-refractivity contribution in [3.8, 4) is 5.75 Å². The smallest absolute Gasteiger partial charge is 0.119 e. The topological polar surface area (TPSA) is 41.5 Å². The van der Waals surface area contributed by atoms with Gasteiger partial charge in [0.15, 0.2) is 0 Å². The van der Waals surface area contributed by atoms with E-state index in [2.05, 4.69) is 12.2 Å². The number of hydrogen-bond donors (Lipinski definition) is 2. The highest BCUT2D eigenvalue weighted by atomic mass is 16.5. The van der Waals surface area contributed by atoms with Crippen LogP contribution in [0.2, 0.25) is 0 Å². The van der Waals surface area contributed by atoms with Crippen molar-refractivity contribution in [1.82, 2.24) is 5.32 Å². The fourth-order valence-corrected chi connectivity index (χ4v) is 2.19. The molecule has 1 atom stereocenters. The van der Waals surface area contributed by atoms with Crippen molar-refractivity contribution in [3.63, 3.8) is 0 Å². The molecule has 0 radical (unpaired) electrons. The monoisotopic (exact) mass is 235 g/mol. The highest BCUT2D eigenvalue weighted by Gasteiger charge is 2.31. The van der Waals surface area contributed by atoms with Crippen molar-refractivity contribution in [3.05, 3.63) is 29.8 Å². The summed E-state index contributed by atoms with van der Waals surface area (Å²) in [5, 5.41) is 13.5. The summed E-state index contributed by atoms with van der Waals surface area (Å²) in [4.78, 5) is 0. The van der Waals surface area contributed by atoms with Gasteiger partial charge >= 0.3 is 0 Å². The van der Waals surface area contributed by atoms with Gasteiger partial charge in [-0.1, -0.05) is 12.1 Å². The quantitative estimate of drug-likeness (QED) is 0.822. The summed E-state index contributed by atoms with van der Waals surface area (Å²) in [5.41, 5.74) is 1.14. The summed E-state index contributed by atoms with van der Waals surface area (Å²) in [6.45, 7) is 2.82. The van der Waals surface area contributed by atoms with Crippen LogP contribution in [0.1, 0.15) is 37.9 Å². The molecule has 0 saturated heterocycles. The summed E-state index contributed by atoms with van der Waals surface area (Å²) in [5.74, 6) is 0.788. The Labute approximate surface area is 103 Å². The fourth-order valence-electron chi connectivity index (χ4n) is 2.19. The normalized spacial score (nSPS) is 19.5. The maximum atomic E-state index is 10.1. The molecule has 0 aliphatic heterocycles. The lowest BCUT2D eigenvalue weighted by molar-refractivity contribution is 0.132. The molecular formula is C14H21NO2. The molecule has 0 spiro atoms. The highest BCUT2D eigenvalue weighted by Crippen LogP contribution is 2.31. The third-order valence-electron chi connectivity index (χ3n) is 3.66. The van der Waals surface area contributed by atoms with Gasteiger partial charge in [-0.25, -0.2) is 0 Å². The predicted octanol–water partition coefficient (Wildman–Crippen LogP) is 2.26. The van der Waals surface area contributed by atoms with Crippen molar-refractivity contribution in [2.75, 3.05) is 13.7 Å². The standard InChI is InChI=1S/C14H21NO2/c1-14(7-4-8-14)15-10-13(16)11-5-3-6-12(9-11)17-2/h3,5-6,9,13,15-16H,4,7-8,10H2,1-2H3. The van der Waals surface area contributed by atoms with Crippen LogP contribution in [0.15, 0.2) is 24.3 Å². The lowest BCUT2D eigenvalue weighted by atomic mass is 9.78. The van der Waals surface area contributed by atoms with Gasteiger partial charge in [-0.2, -0.15) is 0 Å². The minimum atomic E-state index is -0.470. The SMILES string of the molecule is COc1cccc(C(O)CNC2(C)CCC2)c1. The average molecular weight is 235 g/mol. The molecule has 3 nitrogen and oxygen atoms in total. The lowest BCUT2D eigenvalue weighted by Gasteiger charge is -2.40. The highest BCUT2D eigenvalue weighted by molar-refractivity contribution is 5.29. The van der Waals surface area contributed by atoms with E-state index in [1.165, 1.54) is 19.3 Å². The molecule has 0 aromatic heterocycles. The molecule has 0 heterocycles. The second-order valence-corrected chi connectivity index (χ2v) is 5.09. The van der Waals surface area contributed by atoms with Gasteiger partial charge in [0.1, 0.15) is 5.75 Å². The number of aliphatic hydroxyl groups is 1. The van der Waals surface area contributed by atoms with E-state index >= 15 is 0 Å². The molecule has 1 fully saturated rings. The van der Waals surface area contributed by atoms with E-state index in [4.69, 9.17) is 4.74 Å². The maximum absolute atomic E-state index is 10.1. The fraction of sp³-hybridized carbons (Fsp3) is 0.571. The van der Waals surface area contributed by atoms with Crippen LogP contribution < -0.4 is 10.1 Å². The van der Waals surface area contributed by atoms with Crippen molar-refractivity contribution in [1.29, 1.82) is 0 Å². The van der Waals surface area contributed by atoms with Gasteiger partial charge in [-0.05, 0) is 43.9 Å². The zero-order chi connectivity index (χ0) is 12.3. The molecule has 2 N–H and O–H groups in total. The number of nitrogens with one attached hydrogen (secondary N) is 1. The summed E-state index contributed by atoms with van der Waals surface area (Å²) in [6.07, 6.45) is 3.23. The zero-order valence-electron chi connectivity index (χ0n) is 10.6. The maximum Gasteiger partial charge on any atom is 0.119 e. The van der Waals surface area contributed by atoms with Gasteiger partial charge in [-0.15, -0.1) is 0 Å². The number of ether oxygens (including phenoxy) is 1. The summed E-state index contributed by atoms with van der Waals surface area (Å²) in [7, 11) is 1.64. The predicted molar refractivity (Wildman–Crippen MR) is 68.2 cm³/mol. The van der Waals surface area contributed by atoms with E-state index in [-0.39, 0.29) is 5.54 Å². The van der Waals surface area contributed by atoms with Gasteiger partial charge in [0.05, 0.1) is 13.2 Å². The first-order valence-corrected chi connectivity index (χ1v) is 6.20. The molecule has 2 rings (SSSR count). The Bertz CT molecular complexity index is 374. The van der Waals surface area contributed by atoms with Crippen LogP contribution in [0, 0.1) is 0 Å². The van der Waals surface area contributed by atoms with E-state index in [0.29, 0.717) is 6.54 Å². The van der Waals surface area contributed by atoms with Crippen LogP contribution in [0.4, 0.5) is 0 Å². The third-order valence-corrected chi connectivity index (χ3v) is 3.66. The van der Waals surface area contributed by atoms with Gasteiger partial charge in [0.25, 0.3) is 0 Å². The van der Waals surface area contributed by atoms with E-state index in [0.717, 1.165) is 11.3 Å². The Hall–Kier alpha value is -1.06. The average Bonchev–Trinajstić information content (AvgIpc) is 2.33. The largest absolute Gasteiger partial charge is 0.497 e. The van der Waals surface area contributed by atoms with Crippen LogP contribution in [0.3, 0.4) is 0 Å². The van der Waals surface area contributed by atoms with Crippen LogP contribution in [-0.2, 0) is 0 Å². The molecule has 0 amide bonds. The number of aliphatic hydroxyl groups excluding tert-OH is 1. The van der Waals surface area contributed by atoms with Crippen LogP contribution in [0.25, 0.3) is 0 Å². The van der Waals surface area contributed by atoms with Crippen molar-refractivity contribution in [2.45, 2.75) is 37.8 Å². The van der Waals surface area contributed by atoms with Crippen LogP contribution in [-0.4, -0.2) is 24.3 Å². The Balaban J connectivity index is 1.91. The first-order chi connectivity index (χ1) is 8.13. The first-order valence-electron chi connectivity index (χ1n) is 6.20. The summed E-state index contributed by atoms with van der Waals surface area (Å²) in [6, 6.07) is 7.60. The molecule has 1 saturated carbocycles. The Morgan fingerprint density at radius 1 is 1.47 bits per heavy atom. The van der Waals surface area contributed by atoms with E-state index < -0.39 is 6.10 Å². The number of benzene rings is 1. The minimum absolute atomic E-state index is 0.236. The Morgan fingerprint density at radius 3 is 2.82 bits per heavy atom. The van der Waals surface area contributed by atoms with Crippen molar-refractivity contribution >= 4 is 0 Å². The number of hydrogen-bond acceptors (Lipinski definition) is 3. The van der Waals surface area contributed by atoms with Gasteiger partial charge in [-0.3, -0.25) is 0 Å².